The van der Waals surface area contributed by atoms with Gasteiger partial charge in [0.1, 0.15) is 6.61 Å². The van der Waals surface area contributed by atoms with Crippen molar-refractivity contribution >= 4 is 6.08 Å². The Morgan fingerprint density at radius 1 is 1.42 bits per heavy atom. The fraction of sp³-hybridized carbons (Fsp3) is 0.100. The minimum atomic E-state index is 0.498. The Kier molecular flexibility index (Phi) is 1.74. The highest BCUT2D eigenvalue weighted by Crippen LogP contribution is 2.34. The molecule has 0 saturated heterocycles. The van der Waals surface area contributed by atoms with Crippen LogP contribution in [-0.4, -0.2) is 6.61 Å². The molecule has 0 aromatic heterocycles. The van der Waals surface area contributed by atoms with E-state index in [0.29, 0.717) is 6.61 Å². The summed E-state index contributed by atoms with van der Waals surface area (Å²) >= 11 is 0. The molecule has 1 aromatic carbocycles. The molecule has 0 saturated carbocycles. The number of rotatable bonds is 1. The number of hydrogen-bond acceptors (Lipinski definition) is 2. The topological polar surface area (TPSA) is 18.5 Å². The molecule has 0 unspecified atom stereocenters. The molecule has 1 aliphatic rings. The van der Waals surface area contributed by atoms with Crippen molar-refractivity contribution in [3.05, 3.63) is 36.9 Å². The molecule has 1 heterocycles. The highest BCUT2D eigenvalue weighted by atomic mass is 16.6. The molecule has 0 fully saturated rings. The summed E-state index contributed by atoms with van der Waals surface area (Å²) in [6, 6.07) is 5.73. The quantitative estimate of drug-likeness (QED) is 0.629. The van der Waals surface area contributed by atoms with E-state index in [-0.39, 0.29) is 0 Å². The van der Waals surface area contributed by atoms with Crippen LogP contribution in [-0.2, 0) is 0 Å². The van der Waals surface area contributed by atoms with Gasteiger partial charge in [0, 0.05) is 5.56 Å². The fourth-order valence-corrected chi connectivity index (χ4v) is 1.18. The van der Waals surface area contributed by atoms with Gasteiger partial charge in [0.15, 0.2) is 18.1 Å². The first kappa shape index (κ1) is 7.22. The Balaban J connectivity index is 2.51. The second kappa shape index (κ2) is 2.89. The monoisotopic (exact) mass is 161 g/mol. The van der Waals surface area contributed by atoms with Gasteiger partial charge in [0.25, 0.3) is 0 Å². The zero-order chi connectivity index (χ0) is 8.39. The molecular formula is C10H9O2. The minimum absolute atomic E-state index is 0.498. The molecule has 1 aliphatic heterocycles. The summed E-state index contributed by atoms with van der Waals surface area (Å²) in [5.41, 5.74) is 0.973. The summed E-state index contributed by atoms with van der Waals surface area (Å²) in [6.07, 6.45) is 1.76. The Hall–Kier alpha value is -1.44. The average molecular weight is 161 g/mol. The van der Waals surface area contributed by atoms with Crippen LogP contribution < -0.4 is 9.47 Å². The highest BCUT2D eigenvalue weighted by Gasteiger charge is 2.13. The van der Waals surface area contributed by atoms with Gasteiger partial charge in [-0.3, -0.25) is 0 Å². The predicted octanol–water partition coefficient (Wildman–Crippen LogP) is 2.26. The maximum atomic E-state index is 5.39. The van der Waals surface area contributed by atoms with Gasteiger partial charge in [-0.2, -0.15) is 0 Å². The highest BCUT2D eigenvalue weighted by molar-refractivity contribution is 5.61. The number of para-hydroxylation sites is 1. The van der Waals surface area contributed by atoms with Crippen molar-refractivity contribution in [2.45, 2.75) is 0 Å². The summed E-state index contributed by atoms with van der Waals surface area (Å²) in [6.45, 7) is 5.83. The van der Waals surface area contributed by atoms with Crippen molar-refractivity contribution in [1.29, 1.82) is 0 Å². The van der Waals surface area contributed by atoms with Gasteiger partial charge in [0.05, 0.1) is 0 Å². The van der Waals surface area contributed by atoms with Gasteiger partial charge in [0.2, 0.25) is 0 Å². The van der Waals surface area contributed by atoms with Crippen LogP contribution in [0.3, 0.4) is 0 Å². The van der Waals surface area contributed by atoms with Crippen molar-refractivity contribution in [3.63, 3.8) is 0 Å². The lowest BCUT2D eigenvalue weighted by Crippen LogP contribution is -2.10. The van der Waals surface area contributed by atoms with Crippen LogP contribution in [0.5, 0.6) is 11.5 Å². The smallest absolute Gasteiger partial charge is 0.173 e. The summed E-state index contributed by atoms with van der Waals surface area (Å²) in [5.74, 6) is 1.55. The normalized spacial score (nSPS) is 14.0. The first-order chi connectivity index (χ1) is 5.92. The van der Waals surface area contributed by atoms with E-state index in [0.717, 1.165) is 17.1 Å². The van der Waals surface area contributed by atoms with E-state index in [9.17, 15) is 0 Å². The Bertz CT molecular complexity index is 305. The predicted molar refractivity (Wildman–Crippen MR) is 47.0 cm³/mol. The lowest BCUT2D eigenvalue weighted by molar-refractivity contribution is 0.223. The summed E-state index contributed by atoms with van der Waals surface area (Å²) in [7, 11) is 0. The average Bonchev–Trinajstić information content (AvgIpc) is 2.17. The van der Waals surface area contributed by atoms with Crippen molar-refractivity contribution in [2.24, 2.45) is 0 Å². The SMILES string of the molecule is C=Cc1cccc2c1OC[CH]O2. The second-order valence-corrected chi connectivity index (χ2v) is 2.47. The van der Waals surface area contributed by atoms with Gasteiger partial charge in [-0.15, -0.1) is 0 Å². The second-order valence-electron chi connectivity index (χ2n) is 2.47. The van der Waals surface area contributed by atoms with Gasteiger partial charge in [-0.1, -0.05) is 24.8 Å². The number of hydrogen-bond donors (Lipinski definition) is 0. The first-order valence-corrected chi connectivity index (χ1v) is 3.78. The zero-order valence-corrected chi connectivity index (χ0v) is 6.62. The Morgan fingerprint density at radius 3 is 3.17 bits per heavy atom. The van der Waals surface area contributed by atoms with Gasteiger partial charge >= 0.3 is 0 Å². The summed E-state index contributed by atoms with van der Waals surface area (Å²) < 4.78 is 10.7. The van der Waals surface area contributed by atoms with Crippen molar-refractivity contribution in [1.82, 2.24) is 0 Å². The largest absolute Gasteiger partial charge is 0.485 e. The molecule has 2 rings (SSSR count). The fourth-order valence-electron chi connectivity index (χ4n) is 1.18. The molecule has 12 heavy (non-hydrogen) atoms. The Labute approximate surface area is 71.4 Å². The van der Waals surface area contributed by atoms with E-state index in [4.69, 9.17) is 9.47 Å². The van der Waals surface area contributed by atoms with Crippen LogP contribution in [0.1, 0.15) is 5.56 Å². The lowest BCUT2D eigenvalue weighted by Gasteiger charge is -2.18. The van der Waals surface area contributed by atoms with E-state index in [1.54, 1.807) is 12.7 Å². The molecule has 2 nitrogen and oxygen atoms in total. The first-order valence-electron chi connectivity index (χ1n) is 3.78. The molecule has 1 radical (unpaired) electrons. The maximum Gasteiger partial charge on any atom is 0.173 e. The standard InChI is InChI=1S/C10H9O2/c1-2-8-4-3-5-9-10(8)12-7-6-11-9/h2-6H,1,7H2. The van der Waals surface area contributed by atoms with Crippen molar-refractivity contribution < 1.29 is 9.47 Å². The molecule has 0 N–H and O–H groups in total. The van der Waals surface area contributed by atoms with Crippen LogP contribution in [0.25, 0.3) is 6.08 Å². The molecule has 0 amide bonds. The maximum absolute atomic E-state index is 5.39. The molecule has 0 atom stereocenters. The number of ether oxygens (including phenoxy) is 2. The van der Waals surface area contributed by atoms with Crippen LogP contribution >= 0.6 is 0 Å². The molecule has 0 bridgehead atoms. The summed E-state index contributed by atoms with van der Waals surface area (Å²) in [5, 5.41) is 0. The van der Waals surface area contributed by atoms with Crippen molar-refractivity contribution in [3.8, 4) is 11.5 Å². The van der Waals surface area contributed by atoms with E-state index >= 15 is 0 Å². The van der Waals surface area contributed by atoms with E-state index < -0.39 is 0 Å². The third-order valence-electron chi connectivity index (χ3n) is 1.74. The summed E-state index contributed by atoms with van der Waals surface area (Å²) in [4.78, 5) is 0. The van der Waals surface area contributed by atoms with E-state index in [1.807, 2.05) is 18.2 Å². The van der Waals surface area contributed by atoms with Crippen LogP contribution in [0.2, 0.25) is 0 Å². The third kappa shape index (κ3) is 1.05. The molecule has 0 spiro atoms. The van der Waals surface area contributed by atoms with Crippen LogP contribution in [0, 0.1) is 6.61 Å². The molecule has 2 heteroatoms. The van der Waals surface area contributed by atoms with Crippen molar-refractivity contribution in [2.75, 3.05) is 6.61 Å². The molecular weight excluding hydrogens is 152 g/mol. The lowest BCUT2D eigenvalue weighted by atomic mass is 10.2. The van der Waals surface area contributed by atoms with E-state index in [1.165, 1.54) is 0 Å². The molecule has 1 aromatic rings. The molecule has 0 aliphatic carbocycles. The van der Waals surface area contributed by atoms with Crippen LogP contribution in [0.4, 0.5) is 0 Å². The van der Waals surface area contributed by atoms with E-state index in [2.05, 4.69) is 6.58 Å². The minimum Gasteiger partial charge on any atom is -0.485 e. The zero-order valence-electron chi connectivity index (χ0n) is 6.62. The van der Waals surface area contributed by atoms with Gasteiger partial charge in [-0.25, -0.2) is 0 Å². The number of benzene rings is 1. The third-order valence-corrected chi connectivity index (χ3v) is 1.74. The Morgan fingerprint density at radius 2 is 2.33 bits per heavy atom. The number of fused-ring (bicyclic) bond motifs is 1. The van der Waals surface area contributed by atoms with Gasteiger partial charge < -0.3 is 9.47 Å². The molecule has 61 valence electrons. The van der Waals surface area contributed by atoms with Crippen LogP contribution in [0.15, 0.2) is 24.8 Å². The van der Waals surface area contributed by atoms with Gasteiger partial charge in [-0.05, 0) is 6.07 Å².